The topological polar surface area (TPSA) is 264 Å². The number of benzene rings is 7. The van der Waals surface area contributed by atoms with Gasteiger partial charge in [0.1, 0.15) is 11.6 Å². The number of ether oxygens (including phenoxy) is 3. The maximum atomic E-state index is 14.4. The zero-order valence-electron chi connectivity index (χ0n) is 66.2. The van der Waals surface area contributed by atoms with Gasteiger partial charge in [-0.15, -0.1) is 0 Å². The zero-order chi connectivity index (χ0) is 81.5. The molecule has 23 heteroatoms. The molecule has 3 aromatic heterocycles. The number of anilines is 4. The van der Waals surface area contributed by atoms with Gasteiger partial charge in [0, 0.05) is 137 Å². The van der Waals surface area contributed by atoms with Crippen molar-refractivity contribution in [3.63, 3.8) is 0 Å². The van der Waals surface area contributed by atoms with E-state index in [1.54, 1.807) is 110 Å². The van der Waals surface area contributed by atoms with Crippen LogP contribution in [0.2, 0.25) is 0 Å². The lowest BCUT2D eigenvalue weighted by Gasteiger charge is -2.32. The molecule has 4 N–H and O–H groups in total. The molecule has 6 heterocycles. The molecule has 0 unspecified atom stereocenters. The number of likely N-dealkylation sites (N-methyl/N-ethyl adjacent to an activating group) is 1. The van der Waals surface area contributed by atoms with E-state index in [0.717, 1.165) is 161 Å². The van der Waals surface area contributed by atoms with Crippen LogP contribution < -0.4 is 26.0 Å². The van der Waals surface area contributed by atoms with Crippen molar-refractivity contribution < 1.29 is 57.0 Å². The molecule has 13 rings (SSSR count). The Morgan fingerprint density at radius 2 is 0.810 bits per heavy atom. The maximum absolute atomic E-state index is 14.4. The second kappa shape index (κ2) is 47.2. The third-order valence-corrected chi connectivity index (χ3v) is 20.2. The van der Waals surface area contributed by atoms with Crippen LogP contribution in [0.1, 0.15) is 165 Å². The van der Waals surface area contributed by atoms with E-state index in [4.69, 9.17) is 14.2 Å². The minimum absolute atomic E-state index is 0.00434. The number of amides is 4. The van der Waals surface area contributed by atoms with Gasteiger partial charge in [-0.2, -0.15) is 0 Å². The number of carbonyl (C=O) groups is 8. The van der Waals surface area contributed by atoms with Crippen LogP contribution in [0, 0.1) is 5.82 Å². The van der Waals surface area contributed by atoms with Crippen LogP contribution in [0.15, 0.2) is 231 Å². The number of fused-ring (bicyclic) bond motifs is 1. The molecule has 604 valence electrons. The fourth-order valence-corrected chi connectivity index (χ4v) is 13.6. The number of carbonyl (C=O) groups excluding carboxylic acids is 8. The summed E-state index contributed by atoms with van der Waals surface area (Å²) < 4.78 is 30.6. The van der Waals surface area contributed by atoms with Crippen molar-refractivity contribution in [3.05, 3.63) is 287 Å². The summed E-state index contributed by atoms with van der Waals surface area (Å²) >= 11 is 0. The van der Waals surface area contributed by atoms with Crippen LogP contribution in [0.5, 0.6) is 5.75 Å². The first-order valence-corrected chi connectivity index (χ1v) is 39.9. The van der Waals surface area contributed by atoms with Crippen LogP contribution in [-0.4, -0.2) is 194 Å². The number of rotatable bonds is 33. The summed E-state index contributed by atoms with van der Waals surface area (Å²) in [6.07, 6.45) is 18.7. The van der Waals surface area contributed by atoms with E-state index < -0.39 is 11.7 Å². The molecule has 22 nitrogen and oxygen atoms in total. The number of halogens is 1. The highest BCUT2D eigenvalue weighted by atomic mass is 19.1. The van der Waals surface area contributed by atoms with E-state index in [0.29, 0.717) is 87.4 Å². The Bertz CT molecular complexity index is 4810. The highest BCUT2D eigenvalue weighted by molar-refractivity contribution is 6.13. The third kappa shape index (κ3) is 27.8. The molecule has 0 spiro atoms. The average molecular weight is 1570 g/mol. The molecule has 3 fully saturated rings. The summed E-state index contributed by atoms with van der Waals surface area (Å²) in [6.45, 7) is 14.1. The molecule has 116 heavy (non-hydrogen) atoms. The predicted octanol–water partition coefficient (Wildman–Crippen LogP) is 15.8. The van der Waals surface area contributed by atoms with Gasteiger partial charge in [0.05, 0.1) is 78.5 Å². The third-order valence-electron chi connectivity index (χ3n) is 20.2. The maximum Gasteiger partial charge on any atom is 0.257 e. The second-order valence-corrected chi connectivity index (χ2v) is 28.5. The smallest absolute Gasteiger partial charge is 0.257 e. The fourth-order valence-electron chi connectivity index (χ4n) is 13.6. The minimum atomic E-state index is -0.613. The molecule has 0 atom stereocenters. The van der Waals surface area contributed by atoms with Crippen LogP contribution in [0.25, 0.3) is 10.8 Å². The molecule has 0 bridgehead atoms. The van der Waals surface area contributed by atoms with E-state index in [9.17, 15) is 42.7 Å². The average Bonchev–Trinajstić information content (AvgIpc) is 0.795. The lowest BCUT2D eigenvalue weighted by Crippen LogP contribution is -2.44. The van der Waals surface area contributed by atoms with E-state index in [-0.39, 0.29) is 58.5 Å². The molecule has 10 aromatic rings. The highest BCUT2D eigenvalue weighted by Gasteiger charge is 2.24. The van der Waals surface area contributed by atoms with Crippen molar-refractivity contribution in [1.82, 2.24) is 34.6 Å². The SMILES string of the molecule is CN1CCN(CCCCC(=O)c2c(F)cccc2NC(=O)c2cccnc2)CC1.COc1cccc(C(=O)CCCCN2CCOCC2)c1NC(=O)c1ccc2ccccc2c1.O=C(Nc1ccccc1C(=O)CCCCN1CCOCC1)c1cccnc1.O=C(Nc1ccccc1C(=O)CCCCc1ccccc1)c1cccnc1. The monoisotopic (exact) mass is 1570 g/mol. The molecular formula is C93H104FN11O11. The lowest BCUT2D eigenvalue weighted by molar-refractivity contribution is 0.0370. The molecule has 3 aliphatic heterocycles. The Balaban J connectivity index is 0.000000164. The number of unbranched alkanes of at least 4 members (excludes halogenated alkanes) is 4. The van der Waals surface area contributed by atoms with E-state index in [1.807, 2.05) is 78.9 Å². The van der Waals surface area contributed by atoms with E-state index >= 15 is 0 Å². The first-order valence-electron chi connectivity index (χ1n) is 39.9. The van der Waals surface area contributed by atoms with Gasteiger partial charge in [-0.05, 0) is 198 Å². The van der Waals surface area contributed by atoms with Gasteiger partial charge in [-0.1, -0.05) is 97.1 Å². The number of para-hydroxylation sites is 3. The summed E-state index contributed by atoms with van der Waals surface area (Å²) in [4.78, 5) is 122. The molecule has 0 aliphatic carbocycles. The number of morpholine rings is 2. The molecule has 3 aliphatic rings. The predicted molar refractivity (Wildman–Crippen MR) is 452 cm³/mol. The number of aromatic nitrogens is 3. The van der Waals surface area contributed by atoms with Crippen LogP contribution in [0.3, 0.4) is 0 Å². The van der Waals surface area contributed by atoms with E-state index in [1.165, 1.54) is 43.4 Å². The normalized spacial score (nSPS) is 13.7. The minimum Gasteiger partial charge on any atom is -0.495 e. The summed E-state index contributed by atoms with van der Waals surface area (Å²) in [5.41, 5.74) is 6.34. The van der Waals surface area contributed by atoms with Crippen molar-refractivity contribution in [2.24, 2.45) is 0 Å². The van der Waals surface area contributed by atoms with Gasteiger partial charge in [-0.25, -0.2) is 4.39 Å². The first-order chi connectivity index (χ1) is 56.7. The van der Waals surface area contributed by atoms with Gasteiger partial charge in [0.2, 0.25) is 0 Å². The number of nitrogens with zero attached hydrogens (tertiary/aromatic N) is 7. The number of piperazine rings is 1. The van der Waals surface area contributed by atoms with Crippen molar-refractivity contribution in [2.45, 2.75) is 83.5 Å². The quantitative estimate of drug-likeness (QED) is 0.0220. The lowest BCUT2D eigenvalue weighted by atomic mass is 10.0. The second-order valence-electron chi connectivity index (χ2n) is 28.5. The van der Waals surface area contributed by atoms with Gasteiger partial charge in [0.25, 0.3) is 23.6 Å². The number of Topliss-reactive ketones (excluding diaryl/α,β-unsaturated/α-hetero) is 4. The Labute approximate surface area is 678 Å². The molecule has 7 aromatic carbocycles. The number of hydrogen-bond acceptors (Lipinski definition) is 18. The van der Waals surface area contributed by atoms with Crippen molar-refractivity contribution in [1.29, 1.82) is 0 Å². The summed E-state index contributed by atoms with van der Waals surface area (Å²) in [5, 5.41) is 13.3. The highest BCUT2D eigenvalue weighted by Crippen LogP contribution is 2.32. The summed E-state index contributed by atoms with van der Waals surface area (Å²) in [7, 11) is 3.66. The Morgan fingerprint density at radius 1 is 0.388 bits per heavy atom. The van der Waals surface area contributed by atoms with Crippen molar-refractivity contribution >= 4 is 80.3 Å². The Hall–Kier alpha value is -11.7. The van der Waals surface area contributed by atoms with Gasteiger partial charge in [0.15, 0.2) is 23.1 Å². The standard InChI is InChI=1S/C27H30N2O4.C23H22N2O2.C22H27FN4O2.C21H25N3O3/c1-32-25-11-6-9-23(24(30)10-4-5-14-29-15-17-33-18-16-29)26(25)28-27(31)22-13-12-20-7-2-3-8-21(20)19-22;26-22(15-7-4-11-18-9-2-1-3-10-18)20-13-5-6-14-21(20)25-23(27)19-12-8-16-24-17-19;1-26-12-14-27(15-13-26)11-3-2-9-20(28)21-18(23)7-4-8-19(21)25-22(29)17-6-5-10-24-16-17;25-20(9-3-4-11-24-12-14-27-15-13-24)18-7-1-2-8-19(18)23-21(26)17-6-5-10-22-16-17/h2-3,6-9,11-13,19H,4-5,10,14-18H2,1H3,(H,28,31);1-3,5-6,8-10,12-14,16-17H,4,7,11,15H2,(H,25,27);4-8,10,16H,2-3,9,11-15H2,1H3,(H,25,29);1-2,5-8,10,16H,3-4,9,11-15H2,(H,23,26). The van der Waals surface area contributed by atoms with Crippen LogP contribution >= 0.6 is 0 Å². The molecule has 3 saturated heterocycles. The van der Waals surface area contributed by atoms with Crippen molar-refractivity contribution in [3.8, 4) is 5.75 Å². The number of nitrogens with one attached hydrogen (secondary N) is 4. The Morgan fingerprint density at radius 3 is 1.32 bits per heavy atom. The number of ketones is 4. The van der Waals surface area contributed by atoms with Crippen molar-refractivity contribution in [2.75, 3.05) is 134 Å². The number of hydrogen-bond donors (Lipinski definition) is 4. The summed E-state index contributed by atoms with van der Waals surface area (Å²) in [5.74, 6) is -1.55. The van der Waals surface area contributed by atoms with Gasteiger partial charge in [-0.3, -0.25) is 63.1 Å². The first kappa shape index (κ1) is 86.7. The zero-order valence-corrected chi connectivity index (χ0v) is 66.2. The molecule has 0 radical (unpaired) electrons. The molecular weight excluding hydrogens is 1470 g/mol. The largest absolute Gasteiger partial charge is 0.495 e. The van der Waals surface area contributed by atoms with Crippen LogP contribution in [-0.2, 0) is 15.9 Å². The van der Waals surface area contributed by atoms with E-state index in [2.05, 4.69) is 75.0 Å². The van der Waals surface area contributed by atoms with Gasteiger partial charge < -0.3 is 45.3 Å². The Kier molecular flexibility index (Phi) is 35.3. The molecule has 0 saturated carbocycles. The van der Waals surface area contributed by atoms with Gasteiger partial charge >= 0.3 is 0 Å². The summed E-state index contributed by atoms with van der Waals surface area (Å²) in [6, 6.07) is 57.7. The number of pyridine rings is 3. The number of aryl methyl sites for hydroxylation is 1. The molecule has 4 amide bonds. The fraction of sp³-hybridized carbons (Fsp3) is 0.323. The van der Waals surface area contributed by atoms with Crippen LogP contribution in [0.4, 0.5) is 27.1 Å². The number of methoxy groups -OCH3 is 1.